The molecule has 1 fully saturated rings. The van der Waals surface area contributed by atoms with Crippen LogP contribution in [-0.2, 0) is 5.41 Å². The molecule has 2 atom stereocenters. The zero-order valence-electron chi connectivity index (χ0n) is 9.97. The van der Waals surface area contributed by atoms with Gasteiger partial charge in [0.2, 0.25) is 0 Å². The van der Waals surface area contributed by atoms with Crippen LogP contribution in [0.2, 0.25) is 0 Å². The second-order valence-corrected chi connectivity index (χ2v) is 5.75. The highest BCUT2D eigenvalue weighted by Gasteiger charge is 2.68. The Morgan fingerprint density at radius 2 is 1.80 bits per heavy atom. The molecule has 0 radical (unpaired) electrons. The van der Waals surface area contributed by atoms with Crippen molar-refractivity contribution < 1.29 is 0 Å². The Hall–Kier alpha value is -0.490. The summed E-state index contributed by atoms with van der Waals surface area (Å²) in [6, 6.07) is 8.68. The van der Waals surface area contributed by atoms with E-state index >= 15 is 0 Å². The predicted octanol–water partition coefficient (Wildman–Crippen LogP) is 4.15. The average Bonchev–Trinajstić information content (AvgIpc) is 2.61. The Bertz CT molecular complexity index is 381. The standard InChI is InChI=1S/C14H19Cl/c1-10-7-5-6-8-11(10)14(4)12(9-15)13(14,2)3/h5-8,12H,9H2,1-4H3. The van der Waals surface area contributed by atoms with E-state index in [9.17, 15) is 0 Å². The fourth-order valence-corrected chi connectivity index (χ4v) is 3.83. The number of rotatable bonds is 2. The van der Waals surface area contributed by atoms with E-state index in [0.29, 0.717) is 11.3 Å². The van der Waals surface area contributed by atoms with E-state index in [1.165, 1.54) is 11.1 Å². The van der Waals surface area contributed by atoms with Crippen molar-refractivity contribution >= 4 is 11.6 Å². The molecule has 2 unspecified atom stereocenters. The SMILES string of the molecule is Cc1ccccc1C1(C)C(CCl)C1(C)C. The quantitative estimate of drug-likeness (QED) is 0.660. The Kier molecular flexibility index (Phi) is 2.38. The van der Waals surface area contributed by atoms with Gasteiger partial charge >= 0.3 is 0 Å². The van der Waals surface area contributed by atoms with Crippen molar-refractivity contribution in [1.29, 1.82) is 0 Å². The maximum absolute atomic E-state index is 6.07. The van der Waals surface area contributed by atoms with Crippen molar-refractivity contribution in [1.82, 2.24) is 0 Å². The lowest BCUT2D eigenvalue weighted by molar-refractivity contribution is 0.521. The molecule has 0 bridgehead atoms. The lowest BCUT2D eigenvalue weighted by atomic mass is 9.87. The molecule has 0 nitrogen and oxygen atoms in total. The van der Waals surface area contributed by atoms with Gasteiger partial charge in [-0.3, -0.25) is 0 Å². The average molecular weight is 223 g/mol. The van der Waals surface area contributed by atoms with Gasteiger partial charge in [-0.1, -0.05) is 45.0 Å². The van der Waals surface area contributed by atoms with E-state index < -0.39 is 0 Å². The van der Waals surface area contributed by atoms with Crippen LogP contribution < -0.4 is 0 Å². The molecule has 0 saturated heterocycles. The monoisotopic (exact) mass is 222 g/mol. The minimum absolute atomic E-state index is 0.264. The number of alkyl halides is 1. The predicted molar refractivity (Wildman–Crippen MR) is 66.5 cm³/mol. The topological polar surface area (TPSA) is 0 Å². The van der Waals surface area contributed by atoms with Gasteiger partial charge in [-0.25, -0.2) is 0 Å². The van der Waals surface area contributed by atoms with Gasteiger partial charge < -0.3 is 0 Å². The fourth-order valence-electron chi connectivity index (χ4n) is 3.14. The molecule has 1 saturated carbocycles. The molecule has 15 heavy (non-hydrogen) atoms. The van der Waals surface area contributed by atoms with Gasteiger partial charge in [0.15, 0.2) is 0 Å². The van der Waals surface area contributed by atoms with Gasteiger partial charge in [-0.15, -0.1) is 11.6 Å². The zero-order chi connectivity index (χ0) is 11.3. The third-order valence-electron chi connectivity index (χ3n) is 4.68. The van der Waals surface area contributed by atoms with Crippen LogP contribution in [-0.4, -0.2) is 5.88 Å². The van der Waals surface area contributed by atoms with Gasteiger partial charge in [-0.05, 0) is 29.4 Å². The lowest BCUT2D eigenvalue weighted by Crippen LogP contribution is -2.11. The number of aryl methyl sites for hydroxylation is 1. The van der Waals surface area contributed by atoms with Gasteiger partial charge in [0.05, 0.1) is 0 Å². The van der Waals surface area contributed by atoms with Crippen LogP contribution in [0.5, 0.6) is 0 Å². The summed E-state index contributed by atoms with van der Waals surface area (Å²) in [5, 5.41) is 0. The van der Waals surface area contributed by atoms with E-state index in [0.717, 1.165) is 5.88 Å². The van der Waals surface area contributed by atoms with Crippen molar-refractivity contribution in [3.63, 3.8) is 0 Å². The van der Waals surface area contributed by atoms with Crippen molar-refractivity contribution in [2.45, 2.75) is 33.1 Å². The molecular weight excluding hydrogens is 204 g/mol. The summed E-state index contributed by atoms with van der Waals surface area (Å²) in [7, 11) is 0. The summed E-state index contributed by atoms with van der Waals surface area (Å²) in [6.07, 6.45) is 0. The second kappa shape index (κ2) is 3.25. The highest BCUT2D eigenvalue weighted by molar-refractivity contribution is 6.18. The molecule has 1 aromatic rings. The smallest absolute Gasteiger partial charge is 0.0265 e. The molecular formula is C14H19Cl. The van der Waals surface area contributed by atoms with Crippen molar-refractivity contribution in [2.75, 3.05) is 5.88 Å². The summed E-state index contributed by atoms with van der Waals surface area (Å²) in [6.45, 7) is 9.20. The number of hydrogen-bond acceptors (Lipinski definition) is 0. The summed E-state index contributed by atoms with van der Waals surface area (Å²) >= 11 is 6.07. The van der Waals surface area contributed by atoms with Gasteiger partial charge in [0.25, 0.3) is 0 Å². The minimum Gasteiger partial charge on any atom is -0.126 e. The molecule has 0 aromatic heterocycles. The first-order valence-corrected chi connectivity index (χ1v) is 6.11. The summed E-state index contributed by atoms with van der Waals surface area (Å²) in [4.78, 5) is 0. The first-order valence-electron chi connectivity index (χ1n) is 5.58. The summed E-state index contributed by atoms with van der Waals surface area (Å²) in [5.74, 6) is 1.37. The highest BCUT2D eigenvalue weighted by Crippen LogP contribution is 2.69. The molecule has 82 valence electrons. The molecule has 0 heterocycles. The van der Waals surface area contributed by atoms with E-state index in [-0.39, 0.29) is 5.41 Å². The molecule has 0 spiro atoms. The Morgan fingerprint density at radius 1 is 1.20 bits per heavy atom. The van der Waals surface area contributed by atoms with Crippen LogP contribution in [0.4, 0.5) is 0 Å². The highest BCUT2D eigenvalue weighted by atomic mass is 35.5. The molecule has 1 heteroatoms. The van der Waals surface area contributed by atoms with Crippen LogP contribution in [0.3, 0.4) is 0 Å². The van der Waals surface area contributed by atoms with Crippen LogP contribution in [0.25, 0.3) is 0 Å². The maximum Gasteiger partial charge on any atom is 0.0265 e. The van der Waals surface area contributed by atoms with Crippen LogP contribution >= 0.6 is 11.6 Å². The van der Waals surface area contributed by atoms with Crippen LogP contribution in [0.15, 0.2) is 24.3 Å². The molecule has 0 N–H and O–H groups in total. The molecule has 1 aliphatic carbocycles. The largest absolute Gasteiger partial charge is 0.126 e. The molecule has 1 aliphatic rings. The minimum atomic E-state index is 0.264. The lowest BCUT2D eigenvalue weighted by Gasteiger charge is -2.17. The summed E-state index contributed by atoms with van der Waals surface area (Å²) < 4.78 is 0. The Morgan fingerprint density at radius 3 is 2.27 bits per heavy atom. The normalized spacial score (nSPS) is 32.7. The number of benzene rings is 1. The van der Waals surface area contributed by atoms with Crippen LogP contribution in [0.1, 0.15) is 31.9 Å². The van der Waals surface area contributed by atoms with Gasteiger partial charge in [0.1, 0.15) is 0 Å². The molecule has 1 aromatic carbocycles. The van der Waals surface area contributed by atoms with Crippen molar-refractivity contribution in [3.8, 4) is 0 Å². The molecule has 0 aliphatic heterocycles. The Balaban J connectivity index is 2.46. The van der Waals surface area contributed by atoms with Crippen molar-refractivity contribution in [3.05, 3.63) is 35.4 Å². The van der Waals surface area contributed by atoms with E-state index in [1.54, 1.807) is 0 Å². The van der Waals surface area contributed by atoms with E-state index in [4.69, 9.17) is 11.6 Å². The number of halogens is 1. The first-order chi connectivity index (χ1) is 6.96. The fraction of sp³-hybridized carbons (Fsp3) is 0.571. The van der Waals surface area contributed by atoms with E-state index in [1.807, 2.05) is 0 Å². The maximum atomic E-state index is 6.07. The van der Waals surface area contributed by atoms with Gasteiger partial charge in [-0.2, -0.15) is 0 Å². The molecule has 0 amide bonds. The third-order valence-corrected chi connectivity index (χ3v) is 4.99. The molecule has 2 rings (SSSR count). The Labute approximate surface area is 97.6 Å². The van der Waals surface area contributed by atoms with Crippen molar-refractivity contribution in [2.24, 2.45) is 11.3 Å². The van der Waals surface area contributed by atoms with Gasteiger partial charge in [0, 0.05) is 11.3 Å². The third kappa shape index (κ3) is 1.27. The number of hydrogen-bond donors (Lipinski definition) is 0. The first kappa shape index (κ1) is 11.0. The summed E-state index contributed by atoms with van der Waals surface area (Å²) in [5.41, 5.74) is 3.46. The second-order valence-electron chi connectivity index (χ2n) is 5.45. The van der Waals surface area contributed by atoms with Crippen LogP contribution in [0, 0.1) is 18.3 Å². The zero-order valence-corrected chi connectivity index (χ0v) is 10.7. The van der Waals surface area contributed by atoms with E-state index in [2.05, 4.69) is 52.0 Å².